The van der Waals surface area contributed by atoms with Crippen LogP contribution in [0.5, 0.6) is 0 Å². The van der Waals surface area contributed by atoms with Crippen molar-refractivity contribution in [3.63, 3.8) is 0 Å². The summed E-state index contributed by atoms with van der Waals surface area (Å²) >= 11 is 1.49. The smallest absolute Gasteiger partial charge is 0.271 e. The molecule has 36 heavy (non-hydrogen) atoms. The number of fused-ring (bicyclic) bond motifs is 3. The Morgan fingerprint density at radius 1 is 0.944 bits per heavy atom. The van der Waals surface area contributed by atoms with E-state index >= 15 is 0 Å². The summed E-state index contributed by atoms with van der Waals surface area (Å²) in [5.41, 5.74) is 8.21. The molecule has 0 fully saturated rings. The lowest BCUT2D eigenvalue weighted by Crippen LogP contribution is -2.38. The minimum absolute atomic E-state index is 0.0332. The lowest BCUT2D eigenvalue weighted by molar-refractivity contribution is 0.585. The second kappa shape index (κ2) is 9.40. The van der Waals surface area contributed by atoms with Crippen LogP contribution in [0.25, 0.3) is 11.8 Å². The van der Waals surface area contributed by atoms with E-state index in [1.54, 1.807) is 0 Å². The van der Waals surface area contributed by atoms with E-state index in [1.165, 1.54) is 33.7 Å². The molecule has 5 heteroatoms. The van der Waals surface area contributed by atoms with Crippen LogP contribution in [0.3, 0.4) is 0 Å². The second-order valence-corrected chi connectivity index (χ2v) is 10.3. The number of thiazole rings is 1. The Labute approximate surface area is 215 Å². The molecule has 0 saturated heterocycles. The topological polar surface area (TPSA) is 37.6 Å². The predicted molar refractivity (Wildman–Crippen MR) is 149 cm³/mol. The molecule has 1 aliphatic heterocycles. The van der Waals surface area contributed by atoms with Gasteiger partial charge in [0.25, 0.3) is 5.56 Å². The Morgan fingerprint density at radius 3 is 2.42 bits per heavy atom. The maximum absolute atomic E-state index is 13.8. The third kappa shape index (κ3) is 3.84. The van der Waals surface area contributed by atoms with Crippen molar-refractivity contribution in [2.45, 2.75) is 32.7 Å². The third-order valence-electron chi connectivity index (χ3n) is 7.31. The minimum Gasteiger partial charge on any atom is -0.372 e. The molecule has 0 N–H and O–H groups in total. The highest BCUT2D eigenvalue weighted by Crippen LogP contribution is 2.41. The van der Waals surface area contributed by atoms with Gasteiger partial charge in [-0.3, -0.25) is 9.36 Å². The first-order valence-corrected chi connectivity index (χ1v) is 13.5. The van der Waals surface area contributed by atoms with Crippen LogP contribution in [0.2, 0.25) is 0 Å². The summed E-state index contributed by atoms with van der Waals surface area (Å²) in [5, 5.41) is 0. The maximum atomic E-state index is 13.8. The molecule has 2 heterocycles. The first-order chi connectivity index (χ1) is 17.7. The van der Waals surface area contributed by atoms with Gasteiger partial charge < -0.3 is 4.90 Å². The predicted octanol–water partition coefficient (Wildman–Crippen LogP) is 5.16. The van der Waals surface area contributed by atoms with Gasteiger partial charge in [-0.1, -0.05) is 78.1 Å². The van der Waals surface area contributed by atoms with E-state index in [0.29, 0.717) is 0 Å². The highest BCUT2D eigenvalue weighted by atomic mass is 32.1. The third-order valence-corrected chi connectivity index (χ3v) is 8.29. The Balaban J connectivity index is 1.52. The highest BCUT2D eigenvalue weighted by molar-refractivity contribution is 7.07. The molecule has 1 aliphatic carbocycles. The van der Waals surface area contributed by atoms with E-state index in [1.807, 2.05) is 16.7 Å². The SMILES string of the molecule is CCN(CC)c1ccc(/C=c2\sc3n(c2=O)[C@H](c2ccccc2)C2=C(N=3)c3ccccc3CC2)cc1. The van der Waals surface area contributed by atoms with E-state index < -0.39 is 0 Å². The zero-order valence-electron chi connectivity index (χ0n) is 20.6. The molecular formula is C31H29N3OS. The fourth-order valence-electron chi connectivity index (χ4n) is 5.48. The quantitative estimate of drug-likeness (QED) is 0.387. The summed E-state index contributed by atoms with van der Waals surface area (Å²) in [6, 6.07) is 27.3. The number of allylic oxidation sites excluding steroid dienone is 1. The first kappa shape index (κ1) is 22.7. The van der Waals surface area contributed by atoms with Gasteiger partial charge in [-0.15, -0.1) is 0 Å². The van der Waals surface area contributed by atoms with Crippen LogP contribution in [0, 0.1) is 0 Å². The van der Waals surface area contributed by atoms with Gasteiger partial charge >= 0.3 is 0 Å². The minimum atomic E-state index is -0.127. The summed E-state index contributed by atoms with van der Waals surface area (Å²) in [5.74, 6) is 0. The van der Waals surface area contributed by atoms with Crippen molar-refractivity contribution in [1.82, 2.24) is 4.57 Å². The van der Waals surface area contributed by atoms with Crippen molar-refractivity contribution in [2.24, 2.45) is 4.99 Å². The van der Waals surface area contributed by atoms with Gasteiger partial charge in [-0.25, -0.2) is 4.99 Å². The van der Waals surface area contributed by atoms with Crippen molar-refractivity contribution in [2.75, 3.05) is 18.0 Å². The Morgan fingerprint density at radius 2 is 1.67 bits per heavy atom. The number of rotatable bonds is 5. The molecule has 180 valence electrons. The molecule has 0 bridgehead atoms. The summed E-state index contributed by atoms with van der Waals surface area (Å²) in [6.07, 6.45) is 3.89. The van der Waals surface area contributed by atoms with Crippen LogP contribution >= 0.6 is 11.3 Å². The molecule has 0 amide bonds. The van der Waals surface area contributed by atoms with Gasteiger partial charge in [0, 0.05) is 24.3 Å². The summed E-state index contributed by atoms with van der Waals surface area (Å²) in [6.45, 7) is 6.28. The number of aromatic nitrogens is 1. The molecule has 0 saturated carbocycles. The highest BCUT2D eigenvalue weighted by Gasteiger charge is 2.32. The Bertz CT molecular complexity index is 1620. The van der Waals surface area contributed by atoms with Crippen molar-refractivity contribution >= 4 is 28.8 Å². The molecular weight excluding hydrogens is 462 g/mol. The van der Waals surface area contributed by atoms with Crippen molar-refractivity contribution in [1.29, 1.82) is 0 Å². The van der Waals surface area contributed by atoms with Crippen LogP contribution < -0.4 is 19.8 Å². The first-order valence-electron chi connectivity index (χ1n) is 12.7. The fourth-order valence-corrected chi connectivity index (χ4v) is 6.48. The molecule has 2 aliphatic rings. The molecule has 0 unspecified atom stereocenters. The van der Waals surface area contributed by atoms with Crippen LogP contribution in [0.1, 0.15) is 48.6 Å². The van der Waals surface area contributed by atoms with Crippen LogP contribution in [0.4, 0.5) is 5.69 Å². The number of hydrogen-bond donors (Lipinski definition) is 0. The standard InChI is InChI=1S/C31H29N3OS/c1-3-33(4-2)24-17-14-21(15-18-24)20-27-30(35)34-29(23-11-6-5-7-12-23)26-19-16-22-10-8-9-13-25(22)28(26)32-31(34)36-27/h5-15,17-18,20,29H,3-4,16,19H2,1-2H3/b27-20-/t29-/m1/s1. The molecule has 3 aromatic carbocycles. The van der Waals surface area contributed by atoms with Crippen molar-refractivity contribution in [3.8, 4) is 0 Å². The van der Waals surface area contributed by atoms with Crippen molar-refractivity contribution < 1.29 is 0 Å². The average molecular weight is 492 g/mol. The largest absolute Gasteiger partial charge is 0.372 e. The molecule has 4 aromatic rings. The zero-order chi connectivity index (χ0) is 24.6. The van der Waals surface area contributed by atoms with Gasteiger partial charge in [0.2, 0.25) is 0 Å². The van der Waals surface area contributed by atoms with E-state index in [9.17, 15) is 4.79 Å². The maximum Gasteiger partial charge on any atom is 0.271 e. The molecule has 1 aromatic heterocycles. The Kier molecular flexibility index (Phi) is 5.94. The molecule has 6 rings (SSSR count). The van der Waals surface area contributed by atoms with Gasteiger partial charge in [0.15, 0.2) is 4.80 Å². The lowest BCUT2D eigenvalue weighted by Gasteiger charge is -2.30. The second-order valence-electron chi connectivity index (χ2n) is 9.29. The number of hydrogen-bond acceptors (Lipinski definition) is 4. The van der Waals surface area contributed by atoms with E-state index in [4.69, 9.17) is 4.99 Å². The van der Waals surface area contributed by atoms with Gasteiger partial charge in [0.1, 0.15) is 0 Å². The molecule has 4 nitrogen and oxygen atoms in total. The molecule has 0 spiro atoms. The summed E-state index contributed by atoms with van der Waals surface area (Å²) in [4.78, 5) is 22.0. The van der Waals surface area contributed by atoms with E-state index in [-0.39, 0.29) is 11.6 Å². The molecule has 0 radical (unpaired) electrons. The lowest BCUT2D eigenvalue weighted by atomic mass is 9.83. The van der Waals surface area contributed by atoms with Crippen LogP contribution in [-0.2, 0) is 6.42 Å². The van der Waals surface area contributed by atoms with Crippen LogP contribution in [0.15, 0.2) is 94.2 Å². The number of aryl methyl sites for hydroxylation is 1. The fraction of sp³-hybridized carbons (Fsp3) is 0.226. The summed E-state index contributed by atoms with van der Waals surface area (Å²) in [7, 11) is 0. The summed E-state index contributed by atoms with van der Waals surface area (Å²) < 4.78 is 2.64. The van der Waals surface area contributed by atoms with E-state index in [0.717, 1.165) is 52.1 Å². The Hall–Kier alpha value is -3.70. The van der Waals surface area contributed by atoms with Gasteiger partial charge in [-0.05, 0) is 67.2 Å². The van der Waals surface area contributed by atoms with Crippen molar-refractivity contribution in [3.05, 3.63) is 126 Å². The normalized spacial score (nSPS) is 16.7. The average Bonchev–Trinajstić information content (AvgIpc) is 3.23. The number of anilines is 1. The monoisotopic (exact) mass is 491 g/mol. The van der Waals surface area contributed by atoms with Gasteiger partial charge in [-0.2, -0.15) is 0 Å². The number of benzene rings is 3. The number of nitrogens with zero attached hydrogens (tertiary/aromatic N) is 3. The van der Waals surface area contributed by atoms with E-state index in [2.05, 4.69) is 91.5 Å². The molecule has 1 atom stereocenters. The van der Waals surface area contributed by atoms with Gasteiger partial charge in [0.05, 0.1) is 16.3 Å². The zero-order valence-corrected chi connectivity index (χ0v) is 21.5. The van der Waals surface area contributed by atoms with Crippen LogP contribution in [-0.4, -0.2) is 17.7 Å².